The SMILES string of the molecule is CC12CCCC(C)(CCC1)C21c2ccccc2-c2ccc(Br)cc21. The lowest BCUT2D eigenvalue weighted by atomic mass is 9.38. The molecular weight excluding hydrogens is 356 g/mol. The average molecular weight is 381 g/mol. The summed E-state index contributed by atoms with van der Waals surface area (Å²) in [5, 5.41) is 0. The summed E-state index contributed by atoms with van der Waals surface area (Å²) >= 11 is 3.77. The molecule has 2 fully saturated rings. The maximum atomic E-state index is 3.77. The largest absolute Gasteiger partial charge is 0.0619 e. The minimum absolute atomic E-state index is 0.187. The fourth-order valence-corrected chi connectivity index (χ4v) is 7.38. The second kappa shape index (κ2) is 4.75. The van der Waals surface area contributed by atoms with Gasteiger partial charge in [0.05, 0.1) is 0 Å². The van der Waals surface area contributed by atoms with Crippen molar-refractivity contribution in [3.05, 3.63) is 58.1 Å². The number of hydrogen-bond donors (Lipinski definition) is 0. The summed E-state index contributed by atoms with van der Waals surface area (Å²) in [6.07, 6.45) is 8.23. The lowest BCUT2D eigenvalue weighted by Gasteiger charge is -2.65. The zero-order valence-corrected chi connectivity index (χ0v) is 16.2. The summed E-state index contributed by atoms with van der Waals surface area (Å²) < 4.78 is 1.23. The number of halogens is 1. The second-order valence-electron chi connectivity index (χ2n) is 8.81. The molecule has 2 aromatic carbocycles. The number of hydrogen-bond acceptors (Lipinski definition) is 0. The molecule has 1 spiro atoms. The minimum Gasteiger partial charge on any atom is -0.0619 e. The summed E-state index contributed by atoms with van der Waals surface area (Å²) in [6, 6.07) is 16.3. The van der Waals surface area contributed by atoms with Crippen LogP contribution in [0.1, 0.15) is 63.5 Å². The Hall–Kier alpha value is -1.08. The van der Waals surface area contributed by atoms with Gasteiger partial charge in [0.2, 0.25) is 0 Å². The third-order valence-electron chi connectivity index (χ3n) is 7.73. The monoisotopic (exact) mass is 380 g/mol. The summed E-state index contributed by atoms with van der Waals surface area (Å²) in [4.78, 5) is 0. The van der Waals surface area contributed by atoms with E-state index in [1.807, 2.05) is 0 Å². The fourth-order valence-electron chi connectivity index (χ4n) is 7.02. The van der Waals surface area contributed by atoms with Crippen molar-refractivity contribution in [1.82, 2.24) is 0 Å². The third-order valence-corrected chi connectivity index (χ3v) is 8.22. The summed E-state index contributed by atoms with van der Waals surface area (Å²) in [7, 11) is 0. The van der Waals surface area contributed by atoms with Crippen LogP contribution in [-0.2, 0) is 5.41 Å². The highest BCUT2D eigenvalue weighted by molar-refractivity contribution is 9.10. The van der Waals surface area contributed by atoms with Crippen molar-refractivity contribution in [2.75, 3.05) is 0 Å². The highest BCUT2D eigenvalue weighted by atomic mass is 79.9. The topological polar surface area (TPSA) is 0 Å². The standard InChI is InChI=1S/C23H25Br/c1-21-11-5-13-22(2,14-6-12-21)23(21)19-8-4-3-7-17(19)18-10-9-16(24)15-20(18)23/h3-4,7-10,15H,5-6,11-14H2,1-2H3. The molecule has 0 amide bonds. The molecule has 0 nitrogen and oxygen atoms in total. The van der Waals surface area contributed by atoms with Crippen molar-refractivity contribution in [3.8, 4) is 11.1 Å². The molecule has 5 rings (SSSR count). The zero-order valence-electron chi connectivity index (χ0n) is 14.7. The van der Waals surface area contributed by atoms with Crippen molar-refractivity contribution >= 4 is 15.9 Å². The Morgan fingerprint density at radius 2 is 1.33 bits per heavy atom. The van der Waals surface area contributed by atoms with Gasteiger partial charge >= 0.3 is 0 Å². The number of rotatable bonds is 0. The zero-order chi connectivity index (χ0) is 16.6. The van der Waals surface area contributed by atoms with Gasteiger partial charge in [-0.1, -0.05) is 73.0 Å². The Bertz CT molecular complexity index is 804. The molecule has 0 radical (unpaired) electrons. The van der Waals surface area contributed by atoms with Crippen molar-refractivity contribution in [1.29, 1.82) is 0 Å². The van der Waals surface area contributed by atoms with Crippen molar-refractivity contribution < 1.29 is 0 Å². The third kappa shape index (κ3) is 1.56. The first kappa shape index (κ1) is 15.2. The molecule has 0 N–H and O–H groups in total. The normalized spacial score (nSPS) is 36.5. The smallest absolute Gasteiger partial charge is 0.0322 e. The lowest BCUT2D eigenvalue weighted by molar-refractivity contribution is -0.0629. The molecule has 0 atom stereocenters. The van der Waals surface area contributed by atoms with Crippen LogP contribution in [0, 0.1) is 10.8 Å². The van der Waals surface area contributed by atoms with E-state index in [1.54, 1.807) is 11.1 Å². The number of benzene rings is 2. The molecule has 124 valence electrons. The molecule has 3 aliphatic carbocycles. The van der Waals surface area contributed by atoms with Gasteiger partial charge in [-0.3, -0.25) is 0 Å². The van der Waals surface area contributed by atoms with Crippen LogP contribution in [0.5, 0.6) is 0 Å². The highest BCUT2D eigenvalue weighted by Gasteiger charge is 2.66. The maximum absolute atomic E-state index is 3.77. The van der Waals surface area contributed by atoms with Gasteiger partial charge in [0.1, 0.15) is 0 Å². The van der Waals surface area contributed by atoms with Crippen LogP contribution in [0.4, 0.5) is 0 Å². The lowest BCUT2D eigenvalue weighted by Crippen LogP contribution is -2.59. The predicted molar refractivity (Wildman–Crippen MR) is 104 cm³/mol. The van der Waals surface area contributed by atoms with E-state index in [1.165, 1.54) is 54.1 Å². The molecule has 0 heterocycles. The van der Waals surface area contributed by atoms with E-state index in [-0.39, 0.29) is 5.41 Å². The maximum Gasteiger partial charge on any atom is 0.0322 e. The van der Waals surface area contributed by atoms with E-state index in [4.69, 9.17) is 0 Å². The van der Waals surface area contributed by atoms with Gasteiger partial charge in [0.25, 0.3) is 0 Å². The molecule has 2 saturated carbocycles. The first-order valence-electron chi connectivity index (χ1n) is 9.42. The Kier molecular flexibility index (Phi) is 3.01. The van der Waals surface area contributed by atoms with Crippen LogP contribution in [0.15, 0.2) is 46.9 Å². The van der Waals surface area contributed by atoms with Gasteiger partial charge in [-0.15, -0.1) is 0 Å². The van der Waals surface area contributed by atoms with Gasteiger partial charge < -0.3 is 0 Å². The van der Waals surface area contributed by atoms with E-state index >= 15 is 0 Å². The fraction of sp³-hybridized carbons (Fsp3) is 0.478. The molecular formula is C23H25Br. The molecule has 0 aromatic heterocycles. The van der Waals surface area contributed by atoms with Crippen LogP contribution in [0.25, 0.3) is 11.1 Å². The minimum atomic E-state index is 0.187. The first-order chi connectivity index (χ1) is 11.5. The van der Waals surface area contributed by atoms with Crippen LogP contribution in [-0.4, -0.2) is 0 Å². The Morgan fingerprint density at radius 1 is 0.750 bits per heavy atom. The van der Waals surface area contributed by atoms with Crippen LogP contribution >= 0.6 is 15.9 Å². The quantitative estimate of drug-likeness (QED) is 0.457. The second-order valence-corrected chi connectivity index (χ2v) is 9.73. The summed E-state index contributed by atoms with van der Waals surface area (Å²) in [5.41, 5.74) is 7.12. The summed E-state index contributed by atoms with van der Waals surface area (Å²) in [5.74, 6) is 0. The Labute approximate surface area is 153 Å². The molecule has 1 heteroatoms. The molecule has 24 heavy (non-hydrogen) atoms. The van der Waals surface area contributed by atoms with Gasteiger partial charge in [0.15, 0.2) is 0 Å². The van der Waals surface area contributed by atoms with Gasteiger partial charge in [0, 0.05) is 9.89 Å². The highest BCUT2D eigenvalue weighted by Crippen LogP contribution is 2.74. The molecule has 2 bridgehead atoms. The molecule has 3 aliphatic rings. The molecule has 2 aromatic rings. The molecule has 0 aliphatic heterocycles. The van der Waals surface area contributed by atoms with Crippen molar-refractivity contribution in [2.24, 2.45) is 10.8 Å². The van der Waals surface area contributed by atoms with E-state index in [0.717, 1.165) is 0 Å². The van der Waals surface area contributed by atoms with Gasteiger partial charge in [-0.05, 0) is 70.9 Å². The van der Waals surface area contributed by atoms with Crippen LogP contribution < -0.4 is 0 Å². The van der Waals surface area contributed by atoms with Gasteiger partial charge in [-0.2, -0.15) is 0 Å². The van der Waals surface area contributed by atoms with E-state index in [9.17, 15) is 0 Å². The first-order valence-corrected chi connectivity index (χ1v) is 10.2. The van der Waals surface area contributed by atoms with E-state index in [2.05, 4.69) is 72.2 Å². The number of fused-ring (bicyclic) bond motifs is 3. The van der Waals surface area contributed by atoms with Crippen molar-refractivity contribution in [3.63, 3.8) is 0 Å². The predicted octanol–water partition coefficient (Wildman–Crippen LogP) is 7.10. The van der Waals surface area contributed by atoms with Crippen molar-refractivity contribution in [2.45, 2.75) is 57.8 Å². The van der Waals surface area contributed by atoms with Crippen LogP contribution in [0.2, 0.25) is 0 Å². The van der Waals surface area contributed by atoms with Gasteiger partial charge in [-0.25, -0.2) is 0 Å². The van der Waals surface area contributed by atoms with E-state index < -0.39 is 0 Å². The van der Waals surface area contributed by atoms with E-state index in [0.29, 0.717) is 10.8 Å². The Balaban J connectivity index is 1.95. The Morgan fingerprint density at radius 3 is 2.00 bits per heavy atom. The summed E-state index contributed by atoms with van der Waals surface area (Å²) in [6.45, 7) is 5.19. The average Bonchev–Trinajstić information content (AvgIpc) is 2.83. The molecule has 0 saturated heterocycles. The molecule has 0 unspecified atom stereocenters. The van der Waals surface area contributed by atoms with Crippen LogP contribution in [0.3, 0.4) is 0 Å².